The lowest BCUT2D eigenvalue weighted by Gasteiger charge is -2.21. The van der Waals surface area contributed by atoms with Gasteiger partial charge in [0.25, 0.3) is 0 Å². The molecule has 0 aromatic rings. The number of phosphoric acid groups is 2. The van der Waals surface area contributed by atoms with Gasteiger partial charge in [-0.1, -0.05) is 336 Å². The largest absolute Gasteiger partial charge is 0.472 e. The summed E-state index contributed by atoms with van der Waals surface area (Å²) in [6.07, 6.45) is 55.3. The van der Waals surface area contributed by atoms with Crippen LogP contribution in [0.1, 0.15) is 388 Å². The number of esters is 4. The second kappa shape index (κ2) is 67.3. The van der Waals surface area contributed by atoms with Crippen molar-refractivity contribution in [1.29, 1.82) is 0 Å². The van der Waals surface area contributed by atoms with Gasteiger partial charge in [0.15, 0.2) is 12.2 Å². The van der Waals surface area contributed by atoms with Crippen molar-refractivity contribution in [2.45, 2.75) is 406 Å². The summed E-state index contributed by atoms with van der Waals surface area (Å²) in [6, 6.07) is 0. The lowest BCUT2D eigenvalue weighted by atomic mass is 10.0. The zero-order valence-corrected chi connectivity index (χ0v) is 62.2. The summed E-state index contributed by atoms with van der Waals surface area (Å²) < 4.78 is 68.5. The van der Waals surface area contributed by atoms with E-state index >= 15 is 0 Å². The van der Waals surface area contributed by atoms with Crippen LogP contribution in [0, 0.1) is 5.92 Å². The predicted molar refractivity (Wildman–Crippen MR) is 377 cm³/mol. The molecule has 0 aliphatic heterocycles. The quantitative estimate of drug-likeness (QED) is 0.0222. The maximum Gasteiger partial charge on any atom is 0.472 e. The minimum atomic E-state index is -4.95. The van der Waals surface area contributed by atoms with E-state index in [9.17, 15) is 43.2 Å². The van der Waals surface area contributed by atoms with Crippen LogP contribution >= 0.6 is 15.6 Å². The number of aliphatic hydroxyl groups is 1. The maximum absolute atomic E-state index is 13.1. The minimum absolute atomic E-state index is 0.107. The van der Waals surface area contributed by atoms with Gasteiger partial charge in [-0.15, -0.1) is 0 Å². The molecule has 0 aliphatic rings. The Bertz CT molecular complexity index is 1790. The van der Waals surface area contributed by atoms with Crippen LogP contribution in [0.2, 0.25) is 0 Å². The third-order valence-electron chi connectivity index (χ3n) is 17.3. The molecular formula is C74H144O17P2. The lowest BCUT2D eigenvalue weighted by Crippen LogP contribution is -2.30. The van der Waals surface area contributed by atoms with E-state index in [0.717, 1.165) is 95.8 Å². The van der Waals surface area contributed by atoms with Gasteiger partial charge in [-0.25, -0.2) is 9.13 Å². The Hall–Kier alpha value is -1.94. The standard InChI is InChI=1S/C74H144O17P2/c1-6-9-12-15-18-21-24-27-29-31-34-36-42-47-52-57-71(76)84-63-69(90-74(79)60-55-50-45-38-35-32-30-28-25-22-19-16-13-10-7-2)65-88-92(80,81)86-61-68(75)62-87-93(82,83)89-66-70(64-85-72(77)58-53-48-43-40-39-41-46-51-56-67(4)5)91-73(78)59-54-49-44-37-33-26-23-20-17-14-11-8-3/h67-70,75H,6-66H2,1-5H3,(H,80,81)(H,82,83)/t68-,69-,70-/m1/s1. The zero-order valence-electron chi connectivity index (χ0n) is 60.4. The second-order valence-corrected chi connectivity index (χ2v) is 30.1. The Labute approximate surface area is 568 Å². The van der Waals surface area contributed by atoms with Crippen LogP contribution in [0.25, 0.3) is 0 Å². The summed E-state index contributed by atoms with van der Waals surface area (Å²) in [5, 5.41) is 10.6. The summed E-state index contributed by atoms with van der Waals surface area (Å²) >= 11 is 0. The number of carbonyl (C=O) groups is 4. The van der Waals surface area contributed by atoms with Crippen LogP contribution < -0.4 is 0 Å². The van der Waals surface area contributed by atoms with Gasteiger partial charge in [0.1, 0.15) is 19.3 Å². The molecule has 0 aliphatic carbocycles. The fraction of sp³-hybridized carbons (Fsp3) is 0.946. The fourth-order valence-corrected chi connectivity index (χ4v) is 12.9. The van der Waals surface area contributed by atoms with E-state index in [2.05, 4.69) is 34.6 Å². The van der Waals surface area contributed by atoms with Crippen molar-refractivity contribution < 1.29 is 80.2 Å². The van der Waals surface area contributed by atoms with Crippen LogP contribution in [-0.2, 0) is 65.4 Å². The molecule has 0 spiro atoms. The molecule has 93 heavy (non-hydrogen) atoms. The summed E-state index contributed by atoms with van der Waals surface area (Å²) in [7, 11) is -9.91. The Morgan fingerprint density at radius 3 is 0.731 bits per heavy atom. The SMILES string of the molecule is CCCCCCCCCCCCCCCCCC(=O)OC[C@H](COP(=O)(O)OC[C@@H](O)COP(=O)(O)OC[C@@H](COC(=O)CCCCCCCCCCC(C)C)OC(=O)CCCCCCCCCCCCCC)OC(=O)CCCCCCCCCCCCCCCCC. The van der Waals surface area contributed by atoms with Gasteiger partial charge in [0.2, 0.25) is 0 Å². The Morgan fingerprint density at radius 2 is 0.495 bits per heavy atom. The molecule has 0 fully saturated rings. The number of rotatable bonds is 74. The van der Waals surface area contributed by atoms with E-state index in [4.69, 9.17) is 37.0 Å². The molecule has 0 rings (SSSR count). The molecular weight excluding hydrogens is 1220 g/mol. The molecule has 17 nitrogen and oxygen atoms in total. The van der Waals surface area contributed by atoms with Crippen molar-refractivity contribution >= 4 is 39.5 Å². The fourth-order valence-electron chi connectivity index (χ4n) is 11.4. The Morgan fingerprint density at radius 1 is 0.290 bits per heavy atom. The van der Waals surface area contributed by atoms with Gasteiger partial charge < -0.3 is 33.8 Å². The number of ether oxygens (including phenoxy) is 4. The molecule has 0 saturated carbocycles. The van der Waals surface area contributed by atoms with E-state index < -0.39 is 97.5 Å². The zero-order chi connectivity index (χ0) is 68.4. The first-order chi connectivity index (χ1) is 45.0. The average molecular weight is 1370 g/mol. The number of hydrogen-bond donors (Lipinski definition) is 3. The number of carbonyl (C=O) groups excluding carboxylic acids is 4. The first-order valence-electron chi connectivity index (χ1n) is 38.6. The maximum atomic E-state index is 13.1. The predicted octanol–water partition coefficient (Wildman–Crippen LogP) is 21.7. The van der Waals surface area contributed by atoms with Gasteiger partial charge in [-0.05, 0) is 31.6 Å². The van der Waals surface area contributed by atoms with Crippen LogP contribution in [0.5, 0.6) is 0 Å². The number of unbranched alkanes of at least 4 members (excludes halogenated alkanes) is 46. The second-order valence-electron chi connectivity index (χ2n) is 27.2. The molecule has 19 heteroatoms. The highest BCUT2D eigenvalue weighted by molar-refractivity contribution is 7.47. The van der Waals surface area contributed by atoms with E-state index in [1.165, 1.54) is 212 Å². The van der Waals surface area contributed by atoms with Gasteiger partial charge in [0, 0.05) is 25.7 Å². The molecule has 0 bridgehead atoms. The molecule has 0 amide bonds. The molecule has 552 valence electrons. The molecule has 0 heterocycles. The summed E-state index contributed by atoms with van der Waals surface area (Å²) in [4.78, 5) is 72.7. The summed E-state index contributed by atoms with van der Waals surface area (Å²) in [5.41, 5.74) is 0. The molecule has 0 aromatic carbocycles. The molecule has 5 atom stereocenters. The molecule has 2 unspecified atom stereocenters. The lowest BCUT2D eigenvalue weighted by molar-refractivity contribution is -0.161. The highest BCUT2D eigenvalue weighted by Gasteiger charge is 2.30. The number of hydrogen-bond acceptors (Lipinski definition) is 15. The summed E-state index contributed by atoms with van der Waals surface area (Å²) in [5.74, 6) is -1.39. The highest BCUT2D eigenvalue weighted by atomic mass is 31.2. The molecule has 0 aromatic heterocycles. The average Bonchev–Trinajstić information content (AvgIpc) is 1.70. The first kappa shape index (κ1) is 91.1. The third-order valence-corrected chi connectivity index (χ3v) is 19.2. The summed E-state index contributed by atoms with van der Waals surface area (Å²) in [6.45, 7) is 7.25. The first-order valence-corrected chi connectivity index (χ1v) is 41.6. The van der Waals surface area contributed by atoms with Gasteiger partial charge in [0.05, 0.1) is 26.4 Å². The van der Waals surface area contributed by atoms with Gasteiger partial charge >= 0.3 is 39.5 Å². The van der Waals surface area contributed by atoms with Crippen LogP contribution in [0.15, 0.2) is 0 Å². The van der Waals surface area contributed by atoms with Crippen molar-refractivity contribution in [2.75, 3.05) is 39.6 Å². The van der Waals surface area contributed by atoms with E-state index in [0.29, 0.717) is 25.7 Å². The van der Waals surface area contributed by atoms with E-state index in [-0.39, 0.29) is 25.7 Å². The van der Waals surface area contributed by atoms with Crippen molar-refractivity contribution in [3.05, 3.63) is 0 Å². The molecule has 0 saturated heterocycles. The van der Waals surface area contributed by atoms with Crippen LogP contribution in [-0.4, -0.2) is 96.7 Å². The van der Waals surface area contributed by atoms with E-state index in [1.807, 2.05) is 0 Å². The van der Waals surface area contributed by atoms with Crippen molar-refractivity contribution in [1.82, 2.24) is 0 Å². The van der Waals surface area contributed by atoms with Crippen molar-refractivity contribution in [3.63, 3.8) is 0 Å². The van der Waals surface area contributed by atoms with Crippen LogP contribution in [0.3, 0.4) is 0 Å². The highest BCUT2D eigenvalue weighted by Crippen LogP contribution is 2.45. The number of phosphoric ester groups is 2. The molecule has 0 radical (unpaired) electrons. The normalized spacial score (nSPS) is 14.0. The topological polar surface area (TPSA) is 237 Å². The van der Waals surface area contributed by atoms with Crippen LogP contribution in [0.4, 0.5) is 0 Å². The smallest absolute Gasteiger partial charge is 0.462 e. The Balaban J connectivity index is 5.25. The third kappa shape index (κ3) is 68.4. The van der Waals surface area contributed by atoms with Crippen molar-refractivity contribution in [3.8, 4) is 0 Å². The monoisotopic (exact) mass is 1370 g/mol. The number of aliphatic hydroxyl groups excluding tert-OH is 1. The minimum Gasteiger partial charge on any atom is -0.462 e. The van der Waals surface area contributed by atoms with E-state index in [1.54, 1.807) is 0 Å². The van der Waals surface area contributed by atoms with Crippen molar-refractivity contribution in [2.24, 2.45) is 5.92 Å². The molecule has 3 N–H and O–H groups in total. The van der Waals surface area contributed by atoms with Gasteiger partial charge in [-0.3, -0.25) is 37.3 Å². The Kier molecular flexibility index (Phi) is 65.9. The van der Waals surface area contributed by atoms with Gasteiger partial charge in [-0.2, -0.15) is 0 Å².